The molecule has 0 heterocycles. The number of Topliss-reactive ketones (excluding diaryl/α,β-unsaturated/α-hetero) is 1. The van der Waals surface area contributed by atoms with Crippen molar-refractivity contribution in [2.75, 3.05) is 13.7 Å². The zero-order valence-electron chi connectivity index (χ0n) is 9.57. The summed E-state index contributed by atoms with van der Waals surface area (Å²) in [6.07, 6.45) is 0. The lowest BCUT2D eigenvalue weighted by atomic mass is 10.0. The number of hydrogen-bond acceptors (Lipinski definition) is 4. The van der Waals surface area contributed by atoms with E-state index in [-0.39, 0.29) is 5.56 Å². The van der Waals surface area contributed by atoms with Crippen LogP contribution in [0.4, 0.5) is 0 Å². The predicted molar refractivity (Wildman–Crippen MR) is 58.7 cm³/mol. The van der Waals surface area contributed by atoms with Crippen molar-refractivity contribution in [1.29, 1.82) is 0 Å². The molecular weight excluding hydrogens is 208 g/mol. The zero-order chi connectivity index (χ0) is 12.1. The molecule has 0 amide bonds. The average molecular weight is 222 g/mol. The molecule has 16 heavy (non-hydrogen) atoms. The van der Waals surface area contributed by atoms with Crippen LogP contribution in [-0.4, -0.2) is 25.5 Å². The first kappa shape index (κ1) is 12.2. The van der Waals surface area contributed by atoms with Gasteiger partial charge in [-0.15, -0.1) is 0 Å². The number of carbonyl (C=O) groups is 2. The van der Waals surface area contributed by atoms with Gasteiger partial charge in [0.05, 0.1) is 19.3 Å². The number of benzene rings is 1. The van der Waals surface area contributed by atoms with Crippen LogP contribution >= 0.6 is 0 Å². The van der Waals surface area contributed by atoms with Crippen molar-refractivity contribution < 1.29 is 19.1 Å². The van der Waals surface area contributed by atoms with Gasteiger partial charge in [0.2, 0.25) is 0 Å². The Morgan fingerprint density at radius 3 is 2.56 bits per heavy atom. The lowest BCUT2D eigenvalue weighted by molar-refractivity contribution is -0.135. The van der Waals surface area contributed by atoms with E-state index in [1.807, 2.05) is 6.92 Å². The van der Waals surface area contributed by atoms with Gasteiger partial charge in [-0.1, -0.05) is 12.1 Å². The topological polar surface area (TPSA) is 52.6 Å². The van der Waals surface area contributed by atoms with Crippen LogP contribution in [0.25, 0.3) is 0 Å². The number of methoxy groups -OCH3 is 1. The third kappa shape index (κ3) is 2.39. The molecule has 1 aromatic carbocycles. The Bertz CT molecular complexity index is 409. The normalized spacial score (nSPS) is 9.69. The van der Waals surface area contributed by atoms with Crippen molar-refractivity contribution in [2.24, 2.45) is 0 Å². The van der Waals surface area contributed by atoms with E-state index in [4.69, 9.17) is 4.74 Å². The molecule has 1 rings (SSSR count). The molecule has 0 saturated heterocycles. The number of aryl methyl sites for hydroxylation is 1. The summed E-state index contributed by atoms with van der Waals surface area (Å²) in [7, 11) is 1.18. The summed E-state index contributed by atoms with van der Waals surface area (Å²) in [5.74, 6) is -1.14. The molecule has 0 saturated carbocycles. The van der Waals surface area contributed by atoms with E-state index in [9.17, 15) is 9.59 Å². The van der Waals surface area contributed by atoms with Crippen LogP contribution in [0.15, 0.2) is 18.2 Å². The number of carbonyl (C=O) groups excluding carboxylic acids is 2. The van der Waals surface area contributed by atoms with Crippen LogP contribution in [0, 0.1) is 6.92 Å². The number of esters is 1. The standard InChI is InChI=1S/C12H14O4/c1-4-16-9-7-5-6-8(2)10(9)11(13)12(14)15-3/h5-7H,4H2,1-3H3. The molecule has 0 aliphatic rings. The monoisotopic (exact) mass is 222 g/mol. The van der Waals surface area contributed by atoms with Crippen molar-refractivity contribution >= 4 is 11.8 Å². The number of ether oxygens (including phenoxy) is 2. The van der Waals surface area contributed by atoms with Gasteiger partial charge in [-0.2, -0.15) is 0 Å². The van der Waals surface area contributed by atoms with Crippen LogP contribution in [0.1, 0.15) is 22.8 Å². The quantitative estimate of drug-likeness (QED) is 0.442. The van der Waals surface area contributed by atoms with Gasteiger partial charge >= 0.3 is 5.97 Å². The van der Waals surface area contributed by atoms with Gasteiger partial charge in [0.25, 0.3) is 5.78 Å². The molecule has 1 aromatic rings. The van der Waals surface area contributed by atoms with E-state index in [0.29, 0.717) is 17.9 Å². The first-order chi connectivity index (χ1) is 7.61. The predicted octanol–water partition coefficient (Wildman–Crippen LogP) is 1.75. The lowest BCUT2D eigenvalue weighted by Crippen LogP contribution is -2.18. The molecule has 0 spiro atoms. The average Bonchev–Trinajstić information content (AvgIpc) is 2.28. The second-order valence-electron chi connectivity index (χ2n) is 3.20. The summed E-state index contributed by atoms with van der Waals surface area (Å²) in [6.45, 7) is 4.00. The fraction of sp³-hybridized carbons (Fsp3) is 0.333. The molecule has 86 valence electrons. The van der Waals surface area contributed by atoms with Crippen LogP contribution in [-0.2, 0) is 9.53 Å². The SMILES string of the molecule is CCOc1cccc(C)c1C(=O)C(=O)OC. The molecular formula is C12H14O4. The molecule has 0 aliphatic carbocycles. The van der Waals surface area contributed by atoms with Crippen molar-refractivity contribution in [1.82, 2.24) is 0 Å². The molecule has 0 atom stereocenters. The molecule has 4 heteroatoms. The second kappa shape index (κ2) is 5.30. The molecule has 0 N–H and O–H groups in total. The molecule has 0 bridgehead atoms. The Morgan fingerprint density at radius 1 is 1.31 bits per heavy atom. The molecule has 0 radical (unpaired) electrons. The van der Waals surface area contributed by atoms with Gasteiger partial charge in [0.1, 0.15) is 5.75 Å². The largest absolute Gasteiger partial charge is 0.493 e. The van der Waals surface area contributed by atoms with Crippen molar-refractivity contribution in [3.63, 3.8) is 0 Å². The minimum absolute atomic E-state index is 0.274. The fourth-order valence-electron chi connectivity index (χ4n) is 1.40. The molecule has 0 unspecified atom stereocenters. The smallest absolute Gasteiger partial charge is 0.379 e. The summed E-state index contributed by atoms with van der Waals surface area (Å²) in [5.41, 5.74) is 0.970. The first-order valence-corrected chi connectivity index (χ1v) is 4.96. The van der Waals surface area contributed by atoms with Gasteiger partial charge in [0, 0.05) is 0 Å². The highest BCUT2D eigenvalue weighted by atomic mass is 16.5. The van der Waals surface area contributed by atoms with Crippen LogP contribution in [0.3, 0.4) is 0 Å². The summed E-state index contributed by atoms with van der Waals surface area (Å²) < 4.78 is 9.72. The Balaban J connectivity index is 3.19. The van der Waals surface area contributed by atoms with E-state index < -0.39 is 11.8 Å². The molecule has 0 fully saturated rings. The molecule has 4 nitrogen and oxygen atoms in total. The third-order valence-corrected chi connectivity index (χ3v) is 2.13. The fourth-order valence-corrected chi connectivity index (χ4v) is 1.40. The van der Waals surface area contributed by atoms with Gasteiger partial charge in [-0.25, -0.2) is 4.79 Å². The summed E-state index contributed by atoms with van der Waals surface area (Å²) in [5, 5.41) is 0. The maximum Gasteiger partial charge on any atom is 0.379 e. The van der Waals surface area contributed by atoms with Gasteiger partial charge in [-0.3, -0.25) is 4.79 Å². The maximum atomic E-state index is 11.7. The highest BCUT2D eigenvalue weighted by molar-refractivity contribution is 6.41. The lowest BCUT2D eigenvalue weighted by Gasteiger charge is -2.10. The zero-order valence-corrected chi connectivity index (χ0v) is 9.57. The number of hydrogen-bond donors (Lipinski definition) is 0. The Morgan fingerprint density at radius 2 is 2.00 bits per heavy atom. The summed E-state index contributed by atoms with van der Waals surface area (Å²) in [4.78, 5) is 22.9. The highest BCUT2D eigenvalue weighted by Crippen LogP contribution is 2.22. The Hall–Kier alpha value is -1.84. The van der Waals surface area contributed by atoms with E-state index in [2.05, 4.69) is 4.74 Å². The minimum Gasteiger partial charge on any atom is -0.493 e. The van der Waals surface area contributed by atoms with E-state index in [0.717, 1.165) is 0 Å². The molecule has 0 aliphatic heterocycles. The van der Waals surface area contributed by atoms with Crippen molar-refractivity contribution in [3.8, 4) is 5.75 Å². The molecule has 0 aromatic heterocycles. The highest BCUT2D eigenvalue weighted by Gasteiger charge is 2.22. The van der Waals surface area contributed by atoms with E-state index >= 15 is 0 Å². The first-order valence-electron chi connectivity index (χ1n) is 4.96. The Labute approximate surface area is 94.2 Å². The summed E-state index contributed by atoms with van der Waals surface area (Å²) in [6, 6.07) is 5.18. The third-order valence-electron chi connectivity index (χ3n) is 2.13. The van der Waals surface area contributed by atoms with E-state index in [1.54, 1.807) is 25.1 Å². The number of ketones is 1. The maximum absolute atomic E-state index is 11.7. The summed E-state index contributed by atoms with van der Waals surface area (Å²) >= 11 is 0. The second-order valence-corrected chi connectivity index (χ2v) is 3.20. The van der Waals surface area contributed by atoms with Gasteiger partial charge in [-0.05, 0) is 25.5 Å². The van der Waals surface area contributed by atoms with Gasteiger partial charge in [0.15, 0.2) is 0 Å². The number of rotatable bonds is 4. The van der Waals surface area contributed by atoms with Crippen molar-refractivity contribution in [3.05, 3.63) is 29.3 Å². The van der Waals surface area contributed by atoms with Crippen LogP contribution < -0.4 is 4.74 Å². The Kier molecular flexibility index (Phi) is 4.05. The van der Waals surface area contributed by atoms with Crippen LogP contribution in [0.2, 0.25) is 0 Å². The van der Waals surface area contributed by atoms with E-state index in [1.165, 1.54) is 7.11 Å². The van der Waals surface area contributed by atoms with Crippen LogP contribution in [0.5, 0.6) is 5.75 Å². The van der Waals surface area contributed by atoms with Crippen molar-refractivity contribution in [2.45, 2.75) is 13.8 Å². The minimum atomic E-state index is -0.879. The van der Waals surface area contributed by atoms with Gasteiger partial charge < -0.3 is 9.47 Å².